The number of nitrogens with zero attached hydrogens (tertiary/aromatic N) is 4. The smallest absolute Gasteiger partial charge is 0.420 e. The average Bonchev–Trinajstić information content (AvgIpc) is 3.08. The Morgan fingerprint density at radius 2 is 1.93 bits per heavy atom. The minimum atomic E-state index is -0.714. The van der Waals surface area contributed by atoms with Crippen LogP contribution in [0.4, 0.5) is 11.4 Å². The fourth-order valence-electron chi connectivity index (χ4n) is 3.57. The molecule has 10 heteroatoms. The molecule has 0 radical (unpaired) electrons. The van der Waals surface area contributed by atoms with Crippen molar-refractivity contribution in [1.82, 2.24) is 9.47 Å². The third-order valence-electron chi connectivity index (χ3n) is 5.21. The molecule has 1 saturated heterocycles. The summed E-state index contributed by atoms with van der Waals surface area (Å²) in [4.78, 5) is 39.1. The Labute approximate surface area is 171 Å². The first-order chi connectivity index (χ1) is 14.5. The number of ether oxygens (including phenoxy) is 1. The molecule has 0 unspecified atom stereocenters. The van der Waals surface area contributed by atoms with Crippen molar-refractivity contribution in [3.63, 3.8) is 0 Å². The third kappa shape index (κ3) is 3.71. The van der Waals surface area contributed by atoms with E-state index in [2.05, 4.69) is 4.90 Å². The molecule has 1 fully saturated rings. The van der Waals surface area contributed by atoms with Gasteiger partial charge >= 0.3 is 5.76 Å². The lowest BCUT2D eigenvalue weighted by molar-refractivity contribution is -0.384. The highest BCUT2D eigenvalue weighted by atomic mass is 16.6. The second kappa shape index (κ2) is 7.90. The van der Waals surface area contributed by atoms with Gasteiger partial charge in [0.1, 0.15) is 12.3 Å². The second-order valence-corrected chi connectivity index (χ2v) is 6.93. The fraction of sp³-hybridized carbons (Fsp3) is 0.300. The summed E-state index contributed by atoms with van der Waals surface area (Å²) in [6, 6.07) is 11.6. The first-order valence-corrected chi connectivity index (χ1v) is 9.41. The minimum absolute atomic E-state index is 0.0878. The molecular formula is C20H20N4O6. The number of methoxy groups -OCH3 is 1. The summed E-state index contributed by atoms with van der Waals surface area (Å²) in [6.07, 6.45) is 0. The number of amides is 1. The van der Waals surface area contributed by atoms with Crippen LogP contribution in [0.3, 0.4) is 0 Å². The number of nitro benzene ring substituents is 1. The van der Waals surface area contributed by atoms with Crippen LogP contribution in [0.1, 0.15) is 0 Å². The number of fused-ring (bicyclic) bond motifs is 1. The number of nitro groups is 1. The van der Waals surface area contributed by atoms with Gasteiger partial charge in [-0.25, -0.2) is 4.79 Å². The quantitative estimate of drug-likeness (QED) is 0.464. The molecule has 0 spiro atoms. The van der Waals surface area contributed by atoms with E-state index in [0.29, 0.717) is 31.7 Å². The molecule has 3 aromatic rings. The van der Waals surface area contributed by atoms with Crippen LogP contribution in [0.2, 0.25) is 0 Å². The number of oxazole rings is 1. The normalized spacial score (nSPS) is 14.2. The molecule has 0 atom stereocenters. The lowest BCUT2D eigenvalue weighted by atomic mass is 10.2. The topological polar surface area (TPSA) is 111 Å². The van der Waals surface area contributed by atoms with Crippen molar-refractivity contribution in [3.05, 3.63) is 63.1 Å². The number of rotatable bonds is 5. The van der Waals surface area contributed by atoms with Gasteiger partial charge in [0, 0.05) is 44.0 Å². The Morgan fingerprint density at radius 1 is 1.17 bits per heavy atom. The summed E-state index contributed by atoms with van der Waals surface area (Å²) < 4.78 is 11.6. The summed E-state index contributed by atoms with van der Waals surface area (Å²) in [5.41, 5.74) is 1.29. The molecule has 0 bridgehead atoms. The molecule has 30 heavy (non-hydrogen) atoms. The summed E-state index contributed by atoms with van der Waals surface area (Å²) in [7, 11) is 1.62. The molecule has 0 N–H and O–H groups in total. The van der Waals surface area contributed by atoms with E-state index in [0.717, 1.165) is 11.4 Å². The summed E-state index contributed by atoms with van der Waals surface area (Å²) in [6.45, 7) is 2.18. The van der Waals surface area contributed by atoms with Gasteiger partial charge in [0.15, 0.2) is 5.58 Å². The second-order valence-electron chi connectivity index (χ2n) is 6.93. The van der Waals surface area contributed by atoms with Gasteiger partial charge in [0.25, 0.3) is 5.69 Å². The van der Waals surface area contributed by atoms with Crippen LogP contribution in [0.25, 0.3) is 11.1 Å². The highest BCUT2D eigenvalue weighted by Crippen LogP contribution is 2.23. The highest BCUT2D eigenvalue weighted by molar-refractivity contribution is 5.81. The van der Waals surface area contributed by atoms with Gasteiger partial charge in [0.05, 0.1) is 23.6 Å². The molecule has 1 amide bonds. The van der Waals surface area contributed by atoms with Crippen LogP contribution < -0.4 is 15.4 Å². The first-order valence-electron chi connectivity index (χ1n) is 9.41. The van der Waals surface area contributed by atoms with Crippen LogP contribution in [0.5, 0.6) is 5.75 Å². The van der Waals surface area contributed by atoms with Crippen LogP contribution >= 0.6 is 0 Å². The zero-order valence-corrected chi connectivity index (χ0v) is 16.3. The van der Waals surface area contributed by atoms with Crippen molar-refractivity contribution in [2.45, 2.75) is 6.54 Å². The molecule has 4 rings (SSSR count). The van der Waals surface area contributed by atoms with Gasteiger partial charge in [0.2, 0.25) is 5.91 Å². The molecular weight excluding hydrogens is 392 g/mol. The van der Waals surface area contributed by atoms with E-state index < -0.39 is 10.7 Å². The molecule has 2 heterocycles. The average molecular weight is 412 g/mol. The van der Waals surface area contributed by atoms with Gasteiger partial charge in [-0.2, -0.15) is 0 Å². The van der Waals surface area contributed by atoms with Crippen LogP contribution in [0, 0.1) is 10.1 Å². The SMILES string of the molecule is COc1cccc(N2CCN(C(=O)Cn3c(=O)oc4cc([N+](=O)[O-])ccc43)CC2)c1. The number of piperazine rings is 1. The molecule has 156 valence electrons. The van der Waals surface area contributed by atoms with Crippen molar-refractivity contribution >= 4 is 28.4 Å². The number of hydrogen-bond acceptors (Lipinski definition) is 7. The number of aromatic nitrogens is 1. The largest absolute Gasteiger partial charge is 0.497 e. The van der Waals surface area contributed by atoms with Gasteiger partial charge in [-0.15, -0.1) is 0 Å². The lowest BCUT2D eigenvalue weighted by Gasteiger charge is -2.36. The maximum absolute atomic E-state index is 12.8. The van der Waals surface area contributed by atoms with E-state index in [1.54, 1.807) is 12.0 Å². The molecule has 0 saturated carbocycles. The predicted octanol–water partition coefficient (Wildman–Crippen LogP) is 1.86. The van der Waals surface area contributed by atoms with Crippen molar-refractivity contribution < 1.29 is 18.9 Å². The van der Waals surface area contributed by atoms with Gasteiger partial charge in [-0.05, 0) is 18.2 Å². The lowest BCUT2D eigenvalue weighted by Crippen LogP contribution is -2.50. The third-order valence-corrected chi connectivity index (χ3v) is 5.21. The first kappa shape index (κ1) is 19.5. The molecule has 2 aromatic carbocycles. The minimum Gasteiger partial charge on any atom is -0.497 e. The maximum Gasteiger partial charge on any atom is 0.420 e. The summed E-state index contributed by atoms with van der Waals surface area (Å²) in [5, 5.41) is 10.9. The zero-order chi connectivity index (χ0) is 21.3. The Kier molecular flexibility index (Phi) is 5.13. The Hall–Kier alpha value is -3.82. The number of carbonyl (C=O) groups excluding carboxylic acids is 1. The monoisotopic (exact) mass is 412 g/mol. The molecule has 0 aliphatic carbocycles. The van der Waals surface area contributed by atoms with Gasteiger partial charge in [-0.3, -0.25) is 19.5 Å². The van der Waals surface area contributed by atoms with E-state index in [4.69, 9.17) is 9.15 Å². The van der Waals surface area contributed by atoms with E-state index in [1.807, 2.05) is 24.3 Å². The molecule has 1 aromatic heterocycles. The van der Waals surface area contributed by atoms with Crippen LogP contribution in [0.15, 0.2) is 51.7 Å². The molecule has 10 nitrogen and oxygen atoms in total. The Morgan fingerprint density at radius 3 is 2.63 bits per heavy atom. The van der Waals surface area contributed by atoms with Crippen molar-refractivity contribution in [2.24, 2.45) is 0 Å². The van der Waals surface area contributed by atoms with Crippen molar-refractivity contribution in [2.75, 3.05) is 38.2 Å². The Balaban J connectivity index is 1.44. The summed E-state index contributed by atoms with van der Waals surface area (Å²) in [5.74, 6) is -0.144. The Bertz CT molecular complexity index is 1160. The molecule has 1 aliphatic heterocycles. The fourth-order valence-corrected chi connectivity index (χ4v) is 3.57. The number of non-ortho nitro benzene ring substituents is 1. The van der Waals surface area contributed by atoms with E-state index in [-0.39, 0.29) is 23.7 Å². The van der Waals surface area contributed by atoms with Gasteiger partial charge < -0.3 is 19.0 Å². The van der Waals surface area contributed by atoms with Crippen LogP contribution in [-0.2, 0) is 11.3 Å². The highest BCUT2D eigenvalue weighted by Gasteiger charge is 2.23. The standard InChI is InChI=1S/C20H20N4O6/c1-29-16-4-2-3-14(11-16)21-7-9-22(10-8-21)19(25)13-23-17-6-5-15(24(27)28)12-18(17)30-20(23)26/h2-6,11-12H,7-10,13H2,1H3. The number of hydrogen-bond donors (Lipinski definition) is 0. The van der Waals surface area contributed by atoms with Crippen molar-refractivity contribution in [1.29, 1.82) is 0 Å². The van der Waals surface area contributed by atoms with Gasteiger partial charge in [-0.1, -0.05) is 6.07 Å². The molecule has 1 aliphatic rings. The maximum atomic E-state index is 12.8. The number of anilines is 1. The van der Waals surface area contributed by atoms with E-state index >= 15 is 0 Å². The van der Waals surface area contributed by atoms with E-state index in [9.17, 15) is 19.7 Å². The summed E-state index contributed by atoms with van der Waals surface area (Å²) >= 11 is 0. The van der Waals surface area contributed by atoms with Crippen molar-refractivity contribution in [3.8, 4) is 5.75 Å². The predicted molar refractivity (Wildman–Crippen MR) is 109 cm³/mol. The number of carbonyl (C=O) groups is 1. The van der Waals surface area contributed by atoms with E-state index in [1.165, 1.54) is 22.8 Å². The zero-order valence-electron chi connectivity index (χ0n) is 16.3. The number of benzene rings is 2. The van der Waals surface area contributed by atoms with Crippen LogP contribution in [-0.4, -0.2) is 53.6 Å².